The number of aromatic nitrogens is 2. The third-order valence-corrected chi connectivity index (χ3v) is 6.57. The molecule has 0 saturated carbocycles. The molecule has 31 heavy (non-hydrogen) atoms. The summed E-state index contributed by atoms with van der Waals surface area (Å²) in [4.78, 5) is 22.1. The number of nitrogens with zero attached hydrogens (tertiary/aromatic N) is 3. The van der Waals surface area contributed by atoms with Crippen LogP contribution >= 0.6 is 15.9 Å². The third kappa shape index (κ3) is 5.13. The molecule has 4 rings (SSSR count). The second-order valence-corrected chi connectivity index (χ2v) is 9.01. The zero-order chi connectivity index (χ0) is 21.8. The molecular weight excluding hydrogens is 454 g/mol. The van der Waals surface area contributed by atoms with Gasteiger partial charge in [-0.05, 0) is 71.3 Å². The van der Waals surface area contributed by atoms with Crippen molar-refractivity contribution in [2.24, 2.45) is 5.92 Å². The Labute approximate surface area is 191 Å². The lowest BCUT2D eigenvalue weighted by Gasteiger charge is -2.34. The molecule has 0 amide bonds. The second kappa shape index (κ2) is 9.60. The maximum Gasteiger partial charge on any atom is 0.172 e. The van der Waals surface area contributed by atoms with E-state index in [2.05, 4.69) is 73.3 Å². The molecule has 0 aliphatic carbocycles. The Morgan fingerprint density at radius 3 is 2.52 bits per heavy atom. The lowest BCUT2D eigenvalue weighted by molar-refractivity contribution is 0.111. The first-order chi connectivity index (χ1) is 15.0. The van der Waals surface area contributed by atoms with Crippen molar-refractivity contribution in [2.45, 2.75) is 32.6 Å². The van der Waals surface area contributed by atoms with E-state index >= 15 is 0 Å². The van der Waals surface area contributed by atoms with Gasteiger partial charge in [-0.15, -0.1) is 0 Å². The van der Waals surface area contributed by atoms with Gasteiger partial charge in [0.05, 0.1) is 11.4 Å². The van der Waals surface area contributed by atoms with Gasteiger partial charge in [0.2, 0.25) is 0 Å². The fourth-order valence-corrected chi connectivity index (χ4v) is 4.88. The van der Waals surface area contributed by atoms with Crippen LogP contribution in [0.25, 0.3) is 0 Å². The van der Waals surface area contributed by atoms with Crippen LogP contribution in [0.15, 0.2) is 53.0 Å². The van der Waals surface area contributed by atoms with E-state index in [1.807, 2.05) is 6.07 Å². The van der Waals surface area contributed by atoms with Crippen LogP contribution in [0.5, 0.6) is 5.75 Å². The summed E-state index contributed by atoms with van der Waals surface area (Å²) in [5, 5.41) is 9.85. The van der Waals surface area contributed by atoms with Crippen molar-refractivity contribution in [1.29, 1.82) is 0 Å². The van der Waals surface area contributed by atoms with E-state index < -0.39 is 0 Å². The van der Waals surface area contributed by atoms with Crippen LogP contribution < -0.4 is 4.90 Å². The van der Waals surface area contributed by atoms with E-state index in [1.165, 1.54) is 16.8 Å². The quantitative estimate of drug-likeness (QED) is 0.497. The number of hydrogen-bond donors (Lipinski definition) is 1. The van der Waals surface area contributed by atoms with E-state index in [0.717, 1.165) is 43.2 Å². The van der Waals surface area contributed by atoms with Gasteiger partial charge in [-0.25, -0.2) is 9.97 Å². The fraction of sp³-hybridized carbons (Fsp3) is 0.320. The summed E-state index contributed by atoms with van der Waals surface area (Å²) in [6.45, 7) is 3.65. The average Bonchev–Trinajstić information content (AvgIpc) is 2.78. The Balaban J connectivity index is 1.37. The molecule has 1 saturated heterocycles. The van der Waals surface area contributed by atoms with Gasteiger partial charge in [0, 0.05) is 24.0 Å². The highest BCUT2D eigenvalue weighted by atomic mass is 79.9. The summed E-state index contributed by atoms with van der Waals surface area (Å²) >= 11 is 3.78. The molecule has 0 atom stereocenters. The Hall–Kier alpha value is -2.73. The molecule has 160 valence electrons. The Kier molecular flexibility index (Phi) is 6.66. The van der Waals surface area contributed by atoms with Crippen molar-refractivity contribution < 1.29 is 9.90 Å². The summed E-state index contributed by atoms with van der Waals surface area (Å²) in [6, 6.07) is 17.2. The predicted octanol–water partition coefficient (Wildman–Crippen LogP) is 5.12. The highest BCUT2D eigenvalue weighted by Crippen LogP contribution is 2.32. The fourth-order valence-electron chi connectivity index (χ4n) is 4.21. The zero-order valence-electron chi connectivity index (χ0n) is 17.6. The van der Waals surface area contributed by atoms with Crippen LogP contribution in [0, 0.1) is 12.8 Å². The first-order valence-corrected chi connectivity index (χ1v) is 11.4. The Morgan fingerprint density at radius 1 is 1.10 bits per heavy atom. The minimum Gasteiger partial charge on any atom is -0.504 e. The number of carbonyl (C=O) groups is 1. The highest BCUT2D eigenvalue weighted by Gasteiger charge is 2.23. The van der Waals surface area contributed by atoms with Gasteiger partial charge in [-0.3, -0.25) is 4.79 Å². The molecule has 3 aromatic rings. The van der Waals surface area contributed by atoms with E-state index in [1.54, 1.807) is 6.92 Å². The number of carbonyl (C=O) groups excluding carboxylic acids is 1. The molecule has 1 N–H and O–H groups in total. The number of aromatic hydroxyl groups is 1. The maximum atomic E-state index is 11.1. The summed E-state index contributed by atoms with van der Waals surface area (Å²) in [6.07, 6.45) is 4.33. The maximum absolute atomic E-state index is 11.1. The number of piperidine rings is 1. The molecule has 1 aliphatic heterocycles. The smallest absolute Gasteiger partial charge is 0.172 e. The molecule has 1 fully saturated rings. The van der Waals surface area contributed by atoms with Gasteiger partial charge >= 0.3 is 0 Å². The standard InChI is InChI=1S/C25H26BrN3O2/c1-17-25(31)22(16-30)28-24(27-17)15-19-9-11-29(12-10-19)23-8-7-20(14-21(23)26)13-18-5-3-2-4-6-18/h2-8,14,16,19,31H,9-13,15H2,1H3. The number of rotatable bonds is 6. The molecule has 0 unspecified atom stereocenters. The lowest BCUT2D eigenvalue weighted by Crippen LogP contribution is -2.34. The number of hydrogen-bond acceptors (Lipinski definition) is 5. The van der Waals surface area contributed by atoms with E-state index in [0.29, 0.717) is 23.7 Å². The third-order valence-electron chi connectivity index (χ3n) is 5.93. The molecule has 1 aromatic heterocycles. The van der Waals surface area contributed by atoms with Gasteiger partial charge in [0.25, 0.3) is 0 Å². The molecule has 0 radical (unpaired) electrons. The summed E-state index contributed by atoms with van der Waals surface area (Å²) in [5.41, 5.74) is 4.38. The minimum atomic E-state index is -0.117. The van der Waals surface area contributed by atoms with E-state index in [9.17, 15) is 9.90 Å². The number of anilines is 1. The highest BCUT2D eigenvalue weighted by molar-refractivity contribution is 9.10. The predicted molar refractivity (Wildman–Crippen MR) is 126 cm³/mol. The first kappa shape index (κ1) is 21.5. The Morgan fingerprint density at radius 2 is 1.84 bits per heavy atom. The van der Waals surface area contributed by atoms with Crippen molar-refractivity contribution >= 4 is 27.9 Å². The monoisotopic (exact) mass is 479 g/mol. The van der Waals surface area contributed by atoms with Crippen LogP contribution in [0.2, 0.25) is 0 Å². The van der Waals surface area contributed by atoms with Gasteiger partial charge < -0.3 is 10.0 Å². The molecule has 0 spiro atoms. The van der Waals surface area contributed by atoms with E-state index in [4.69, 9.17) is 0 Å². The van der Waals surface area contributed by atoms with Gasteiger partial charge in [-0.2, -0.15) is 0 Å². The first-order valence-electron chi connectivity index (χ1n) is 10.6. The largest absolute Gasteiger partial charge is 0.504 e. The molecule has 2 aromatic carbocycles. The van der Waals surface area contributed by atoms with Crippen molar-refractivity contribution in [2.75, 3.05) is 18.0 Å². The van der Waals surface area contributed by atoms with Crippen molar-refractivity contribution in [1.82, 2.24) is 9.97 Å². The lowest BCUT2D eigenvalue weighted by atomic mass is 9.92. The summed E-state index contributed by atoms with van der Waals surface area (Å²) in [7, 11) is 0. The molecule has 0 bridgehead atoms. The number of aryl methyl sites for hydroxylation is 1. The SMILES string of the molecule is Cc1nc(CC2CCN(c3ccc(Cc4ccccc4)cc3Br)CC2)nc(C=O)c1O. The average molecular weight is 480 g/mol. The van der Waals surface area contributed by atoms with Crippen LogP contribution in [0.3, 0.4) is 0 Å². The van der Waals surface area contributed by atoms with Crippen molar-refractivity contribution in [3.05, 3.63) is 81.3 Å². The molecule has 5 nitrogen and oxygen atoms in total. The van der Waals surface area contributed by atoms with Gasteiger partial charge in [0.1, 0.15) is 11.5 Å². The topological polar surface area (TPSA) is 66.3 Å². The van der Waals surface area contributed by atoms with Crippen LogP contribution in [0.4, 0.5) is 5.69 Å². The number of halogens is 1. The summed E-state index contributed by atoms with van der Waals surface area (Å²) < 4.78 is 1.13. The molecule has 1 aliphatic rings. The zero-order valence-corrected chi connectivity index (χ0v) is 19.2. The van der Waals surface area contributed by atoms with Gasteiger partial charge in [-0.1, -0.05) is 36.4 Å². The van der Waals surface area contributed by atoms with Crippen molar-refractivity contribution in [3.8, 4) is 5.75 Å². The normalized spacial score (nSPS) is 14.6. The number of benzene rings is 2. The van der Waals surface area contributed by atoms with Crippen LogP contribution in [-0.4, -0.2) is 34.5 Å². The van der Waals surface area contributed by atoms with Gasteiger partial charge in [0.15, 0.2) is 12.0 Å². The van der Waals surface area contributed by atoms with Crippen LogP contribution in [-0.2, 0) is 12.8 Å². The molecular formula is C25H26BrN3O2. The molecule has 6 heteroatoms. The second-order valence-electron chi connectivity index (χ2n) is 8.16. The Bertz CT molecular complexity index is 1060. The van der Waals surface area contributed by atoms with Crippen molar-refractivity contribution in [3.63, 3.8) is 0 Å². The molecule has 2 heterocycles. The van der Waals surface area contributed by atoms with E-state index in [-0.39, 0.29) is 11.4 Å². The van der Waals surface area contributed by atoms with Crippen LogP contribution in [0.1, 0.15) is 46.0 Å². The minimum absolute atomic E-state index is 0.0828. The number of aldehydes is 1. The summed E-state index contributed by atoms with van der Waals surface area (Å²) in [5.74, 6) is 0.993.